The summed E-state index contributed by atoms with van der Waals surface area (Å²) in [6.45, 7) is 1.80. The summed E-state index contributed by atoms with van der Waals surface area (Å²) < 4.78 is 5.03. The van der Waals surface area contributed by atoms with Crippen molar-refractivity contribution in [2.24, 2.45) is 0 Å². The van der Waals surface area contributed by atoms with Gasteiger partial charge in [0.25, 0.3) is 0 Å². The molecule has 64 valence electrons. The Hall–Kier alpha value is -1.51. The van der Waals surface area contributed by atoms with E-state index in [9.17, 15) is 4.79 Å². The monoisotopic (exact) mass is 165 g/mol. The molecule has 1 aromatic carbocycles. The average Bonchev–Trinajstić information content (AvgIpc) is 2.06. The van der Waals surface area contributed by atoms with E-state index in [2.05, 4.69) is 0 Å². The van der Waals surface area contributed by atoms with E-state index in [0.717, 1.165) is 11.8 Å². The number of ether oxygens (including phenoxy) is 1. The highest BCUT2D eigenvalue weighted by Gasteiger charge is 2.06. The fourth-order valence-electron chi connectivity index (χ4n) is 1.11. The molecule has 12 heavy (non-hydrogen) atoms. The van der Waals surface area contributed by atoms with Gasteiger partial charge in [0.1, 0.15) is 5.75 Å². The number of carbonyl (C=O) groups excluding carboxylic acids is 1. The lowest BCUT2D eigenvalue weighted by molar-refractivity contribution is 0.112. The van der Waals surface area contributed by atoms with E-state index in [1.165, 1.54) is 0 Å². The number of nitrogen functional groups attached to an aromatic ring is 1. The quantitative estimate of drug-likeness (QED) is 0.532. The molecule has 0 aromatic heterocycles. The zero-order valence-corrected chi connectivity index (χ0v) is 7.13. The van der Waals surface area contributed by atoms with Crippen molar-refractivity contribution in [3.8, 4) is 5.75 Å². The van der Waals surface area contributed by atoms with Crippen molar-refractivity contribution in [2.75, 3.05) is 12.8 Å². The molecule has 0 bridgehead atoms. The second-order valence-corrected chi connectivity index (χ2v) is 2.51. The summed E-state index contributed by atoms with van der Waals surface area (Å²) in [4.78, 5) is 10.6. The van der Waals surface area contributed by atoms with Crippen LogP contribution in [-0.4, -0.2) is 13.4 Å². The molecule has 0 aliphatic carbocycles. The normalized spacial score (nSPS) is 9.50. The van der Waals surface area contributed by atoms with Crippen molar-refractivity contribution in [3.63, 3.8) is 0 Å². The maximum Gasteiger partial charge on any atom is 0.152 e. The highest BCUT2D eigenvalue weighted by molar-refractivity contribution is 5.86. The van der Waals surface area contributed by atoms with Gasteiger partial charge in [-0.3, -0.25) is 4.79 Å². The van der Waals surface area contributed by atoms with Gasteiger partial charge in [0, 0.05) is 16.8 Å². The molecule has 0 aliphatic heterocycles. The average molecular weight is 165 g/mol. The van der Waals surface area contributed by atoms with Crippen molar-refractivity contribution in [3.05, 3.63) is 23.3 Å². The molecule has 3 heteroatoms. The maximum absolute atomic E-state index is 10.6. The minimum Gasteiger partial charge on any atom is -0.496 e. The Labute approximate surface area is 71.1 Å². The first-order valence-electron chi connectivity index (χ1n) is 3.59. The van der Waals surface area contributed by atoms with E-state index in [0.29, 0.717) is 17.0 Å². The lowest BCUT2D eigenvalue weighted by Crippen LogP contribution is -1.98. The number of carbonyl (C=O) groups is 1. The highest BCUT2D eigenvalue weighted by atomic mass is 16.5. The summed E-state index contributed by atoms with van der Waals surface area (Å²) in [5.74, 6) is 0.686. The van der Waals surface area contributed by atoms with Crippen LogP contribution < -0.4 is 10.5 Å². The van der Waals surface area contributed by atoms with E-state index in [4.69, 9.17) is 10.5 Å². The van der Waals surface area contributed by atoms with E-state index in [1.54, 1.807) is 26.2 Å². The summed E-state index contributed by atoms with van der Waals surface area (Å²) in [5.41, 5.74) is 7.35. The van der Waals surface area contributed by atoms with Gasteiger partial charge in [-0.25, -0.2) is 0 Å². The Morgan fingerprint density at radius 3 is 2.67 bits per heavy atom. The molecule has 0 aliphatic rings. The fraction of sp³-hybridized carbons (Fsp3) is 0.222. The standard InChI is InChI=1S/C9H11NO2/c1-6-7(5-11)8(10)3-4-9(6)12-2/h3-5H,10H2,1-2H3. The van der Waals surface area contributed by atoms with Crippen LogP contribution >= 0.6 is 0 Å². The highest BCUT2D eigenvalue weighted by Crippen LogP contribution is 2.24. The number of anilines is 1. The van der Waals surface area contributed by atoms with Gasteiger partial charge in [-0.05, 0) is 19.1 Å². The number of aldehydes is 1. The van der Waals surface area contributed by atoms with Gasteiger partial charge >= 0.3 is 0 Å². The van der Waals surface area contributed by atoms with Gasteiger partial charge in [0.15, 0.2) is 6.29 Å². The van der Waals surface area contributed by atoms with Crippen LogP contribution in [-0.2, 0) is 0 Å². The van der Waals surface area contributed by atoms with Crippen molar-refractivity contribution in [1.29, 1.82) is 0 Å². The van der Waals surface area contributed by atoms with E-state index < -0.39 is 0 Å². The van der Waals surface area contributed by atoms with Crippen LogP contribution in [0.4, 0.5) is 5.69 Å². The molecule has 1 rings (SSSR count). The summed E-state index contributed by atoms with van der Waals surface area (Å²) in [5, 5.41) is 0. The van der Waals surface area contributed by atoms with Crippen LogP contribution in [0, 0.1) is 6.92 Å². The molecule has 0 unspecified atom stereocenters. The maximum atomic E-state index is 10.6. The Morgan fingerprint density at radius 2 is 2.17 bits per heavy atom. The van der Waals surface area contributed by atoms with Gasteiger partial charge in [0.05, 0.1) is 7.11 Å². The summed E-state index contributed by atoms with van der Waals surface area (Å²) in [6.07, 6.45) is 0.743. The fourth-order valence-corrected chi connectivity index (χ4v) is 1.11. The largest absolute Gasteiger partial charge is 0.496 e. The summed E-state index contributed by atoms with van der Waals surface area (Å²) in [6, 6.07) is 3.41. The number of benzene rings is 1. The lowest BCUT2D eigenvalue weighted by atomic mass is 10.1. The van der Waals surface area contributed by atoms with Gasteiger partial charge < -0.3 is 10.5 Å². The molecule has 0 spiro atoms. The first kappa shape index (κ1) is 8.59. The van der Waals surface area contributed by atoms with Crippen LogP contribution in [0.15, 0.2) is 12.1 Å². The van der Waals surface area contributed by atoms with Crippen LogP contribution in [0.2, 0.25) is 0 Å². The Kier molecular flexibility index (Phi) is 2.33. The molecule has 0 fully saturated rings. The number of hydrogen-bond acceptors (Lipinski definition) is 3. The molecule has 0 atom stereocenters. The minimum absolute atomic E-state index is 0.489. The molecular formula is C9H11NO2. The smallest absolute Gasteiger partial charge is 0.152 e. The first-order chi connectivity index (χ1) is 5.70. The zero-order chi connectivity index (χ0) is 9.14. The molecule has 3 nitrogen and oxygen atoms in total. The van der Waals surface area contributed by atoms with Crippen LogP contribution in [0.3, 0.4) is 0 Å². The third-order valence-electron chi connectivity index (χ3n) is 1.84. The first-order valence-corrected chi connectivity index (χ1v) is 3.59. The SMILES string of the molecule is COc1ccc(N)c(C=O)c1C. The molecule has 0 saturated carbocycles. The predicted molar refractivity (Wildman–Crippen MR) is 47.5 cm³/mol. The molecular weight excluding hydrogens is 154 g/mol. The topological polar surface area (TPSA) is 52.3 Å². The Morgan fingerprint density at radius 1 is 1.50 bits per heavy atom. The minimum atomic E-state index is 0.489. The van der Waals surface area contributed by atoms with Crippen molar-refractivity contribution < 1.29 is 9.53 Å². The third kappa shape index (κ3) is 1.25. The summed E-state index contributed by atoms with van der Waals surface area (Å²) >= 11 is 0. The van der Waals surface area contributed by atoms with Gasteiger partial charge in [-0.1, -0.05) is 0 Å². The zero-order valence-electron chi connectivity index (χ0n) is 7.13. The van der Waals surface area contributed by atoms with Crippen LogP contribution in [0.25, 0.3) is 0 Å². The van der Waals surface area contributed by atoms with Crippen molar-refractivity contribution >= 4 is 12.0 Å². The molecule has 0 saturated heterocycles. The summed E-state index contributed by atoms with van der Waals surface area (Å²) in [7, 11) is 1.56. The van der Waals surface area contributed by atoms with Gasteiger partial charge in [0.2, 0.25) is 0 Å². The third-order valence-corrected chi connectivity index (χ3v) is 1.84. The Bertz CT molecular complexity index is 308. The lowest BCUT2D eigenvalue weighted by Gasteiger charge is -2.07. The van der Waals surface area contributed by atoms with Crippen LogP contribution in [0.1, 0.15) is 15.9 Å². The molecule has 0 heterocycles. The second-order valence-electron chi connectivity index (χ2n) is 2.51. The van der Waals surface area contributed by atoms with Crippen molar-refractivity contribution in [2.45, 2.75) is 6.92 Å². The number of rotatable bonds is 2. The molecule has 0 radical (unpaired) electrons. The van der Waals surface area contributed by atoms with Gasteiger partial charge in [-0.2, -0.15) is 0 Å². The Balaban J connectivity index is 3.33. The number of nitrogens with two attached hydrogens (primary N) is 1. The van der Waals surface area contributed by atoms with Crippen molar-refractivity contribution in [1.82, 2.24) is 0 Å². The number of hydrogen-bond donors (Lipinski definition) is 1. The second kappa shape index (κ2) is 3.26. The number of methoxy groups -OCH3 is 1. The van der Waals surface area contributed by atoms with E-state index >= 15 is 0 Å². The van der Waals surface area contributed by atoms with Crippen LogP contribution in [0.5, 0.6) is 5.75 Å². The van der Waals surface area contributed by atoms with E-state index in [1.807, 2.05) is 0 Å². The molecule has 2 N–H and O–H groups in total. The predicted octanol–water partition coefficient (Wildman–Crippen LogP) is 1.40. The van der Waals surface area contributed by atoms with E-state index in [-0.39, 0.29) is 0 Å². The molecule has 0 amide bonds. The molecule has 1 aromatic rings. The van der Waals surface area contributed by atoms with Gasteiger partial charge in [-0.15, -0.1) is 0 Å².